The number of aromatic nitrogens is 1. The molecule has 0 fully saturated rings. The van der Waals surface area contributed by atoms with Gasteiger partial charge in [0.15, 0.2) is 9.84 Å². The third kappa shape index (κ3) is 4.56. The third-order valence-corrected chi connectivity index (χ3v) is 6.13. The summed E-state index contributed by atoms with van der Waals surface area (Å²) in [5.41, 5.74) is 1.75. The summed E-state index contributed by atoms with van der Waals surface area (Å²) < 4.78 is 43.2. The lowest BCUT2D eigenvalue weighted by Crippen LogP contribution is -2.14. The van der Waals surface area contributed by atoms with Crippen LogP contribution < -0.4 is 5.32 Å². The van der Waals surface area contributed by atoms with E-state index in [0.29, 0.717) is 27.7 Å². The quantitative estimate of drug-likeness (QED) is 0.418. The number of sulfone groups is 1. The molecule has 0 atom stereocenters. The highest BCUT2D eigenvalue weighted by atomic mass is 35.5. The molecule has 162 valence electrons. The zero-order valence-electron chi connectivity index (χ0n) is 16.7. The number of hydrogen-bond donors (Lipinski definition) is 1. The van der Waals surface area contributed by atoms with Crippen molar-refractivity contribution < 1.29 is 22.0 Å². The lowest BCUT2D eigenvalue weighted by molar-refractivity contribution is 0.102. The molecule has 1 amide bonds. The van der Waals surface area contributed by atoms with E-state index in [9.17, 15) is 17.6 Å². The number of nitrogens with one attached hydrogen (secondary N) is 1. The molecular weight excluding hydrogens is 455 g/mol. The molecule has 4 rings (SSSR count). The Morgan fingerprint density at radius 2 is 1.88 bits per heavy atom. The fraction of sp³-hybridized carbons (Fsp3) is 0.0435. The minimum absolute atomic E-state index is 0.0194. The van der Waals surface area contributed by atoms with Crippen LogP contribution in [-0.4, -0.2) is 25.6 Å². The monoisotopic (exact) mass is 470 g/mol. The lowest BCUT2D eigenvalue weighted by atomic mass is 9.99. The zero-order chi connectivity index (χ0) is 22.9. The van der Waals surface area contributed by atoms with Gasteiger partial charge in [-0.2, -0.15) is 0 Å². The molecule has 1 N–H and O–H groups in total. The number of halogens is 2. The molecule has 6 nitrogen and oxygen atoms in total. The molecule has 0 spiro atoms. The van der Waals surface area contributed by atoms with Crippen molar-refractivity contribution in [2.75, 3.05) is 11.6 Å². The maximum Gasteiger partial charge on any atom is 0.256 e. The summed E-state index contributed by atoms with van der Waals surface area (Å²) in [6.07, 6.45) is 3.95. The highest BCUT2D eigenvalue weighted by Gasteiger charge is 2.18. The van der Waals surface area contributed by atoms with Crippen molar-refractivity contribution in [2.45, 2.75) is 4.90 Å². The van der Waals surface area contributed by atoms with Crippen molar-refractivity contribution >= 4 is 33.0 Å². The third-order valence-electron chi connectivity index (χ3n) is 4.69. The van der Waals surface area contributed by atoms with Gasteiger partial charge in [-0.3, -0.25) is 4.79 Å². The predicted octanol–water partition coefficient (Wildman–Crippen LogP) is 5.46. The zero-order valence-corrected chi connectivity index (χ0v) is 18.2. The van der Waals surface area contributed by atoms with E-state index in [0.717, 1.165) is 6.26 Å². The van der Waals surface area contributed by atoms with Crippen molar-refractivity contribution in [3.8, 4) is 22.6 Å². The topological polar surface area (TPSA) is 89.3 Å². The normalized spacial score (nSPS) is 11.3. The van der Waals surface area contributed by atoms with Gasteiger partial charge in [0.2, 0.25) is 5.89 Å². The molecule has 0 saturated carbocycles. The summed E-state index contributed by atoms with van der Waals surface area (Å²) in [6.45, 7) is 0. The molecule has 1 heterocycles. The second-order valence-corrected chi connectivity index (χ2v) is 9.40. The Hall–Kier alpha value is -3.49. The number of carbonyl (C=O) groups is 1. The summed E-state index contributed by atoms with van der Waals surface area (Å²) in [4.78, 5) is 17.2. The second-order valence-electron chi connectivity index (χ2n) is 6.98. The van der Waals surface area contributed by atoms with E-state index in [2.05, 4.69) is 10.3 Å². The molecule has 1 aromatic heterocycles. The molecule has 0 radical (unpaired) electrons. The minimum atomic E-state index is -3.54. The van der Waals surface area contributed by atoms with Gasteiger partial charge in [0.25, 0.3) is 5.91 Å². The molecule has 0 aliphatic carbocycles. The number of rotatable bonds is 5. The molecule has 0 saturated heterocycles. The van der Waals surface area contributed by atoms with Gasteiger partial charge in [-0.05, 0) is 59.7 Å². The van der Waals surface area contributed by atoms with Gasteiger partial charge in [0.1, 0.15) is 12.1 Å². The van der Waals surface area contributed by atoms with Crippen LogP contribution in [0.5, 0.6) is 0 Å². The average Bonchev–Trinajstić information content (AvgIpc) is 3.28. The van der Waals surface area contributed by atoms with Crippen molar-refractivity contribution in [3.63, 3.8) is 0 Å². The Bertz CT molecular complexity index is 1420. The molecule has 0 bridgehead atoms. The first-order valence-electron chi connectivity index (χ1n) is 9.33. The first-order chi connectivity index (χ1) is 15.2. The van der Waals surface area contributed by atoms with E-state index in [-0.39, 0.29) is 16.0 Å². The Morgan fingerprint density at radius 1 is 1.06 bits per heavy atom. The van der Waals surface area contributed by atoms with Crippen LogP contribution in [0, 0.1) is 5.82 Å². The van der Waals surface area contributed by atoms with Crippen LogP contribution in [0.4, 0.5) is 10.1 Å². The van der Waals surface area contributed by atoms with Crippen LogP contribution in [0.15, 0.2) is 82.4 Å². The number of benzene rings is 3. The molecule has 32 heavy (non-hydrogen) atoms. The fourth-order valence-corrected chi connectivity index (χ4v) is 4.01. The summed E-state index contributed by atoms with van der Waals surface area (Å²) in [6, 6.07) is 14.5. The SMILES string of the molecule is CS(=O)(=O)c1ccc(C(=O)Nc2ccc(Cl)c(-c3ncco3)c2)c(-c2cccc(F)c2)c1. The maximum atomic E-state index is 13.8. The van der Waals surface area contributed by atoms with Crippen LogP contribution in [-0.2, 0) is 9.84 Å². The van der Waals surface area contributed by atoms with Gasteiger partial charge in [-0.25, -0.2) is 17.8 Å². The van der Waals surface area contributed by atoms with E-state index in [4.69, 9.17) is 16.0 Å². The molecular formula is C23H16ClFN2O4S. The van der Waals surface area contributed by atoms with Crippen molar-refractivity contribution in [1.29, 1.82) is 0 Å². The smallest absolute Gasteiger partial charge is 0.256 e. The maximum absolute atomic E-state index is 13.8. The summed E-state index contributed by atoms with van der Waals surface area (Å²) in [5.74, 6) is -0.721. The van der Waals surface area contributed by atoms with E-state index in [1.54, 1.807) is 24.3 Å². The second kappa shape index (κ2) is 8.57. The average molecular weight is 471 g/mol. The fourth-order valence-electron chi connectivity index (χ4n) is 3.17. The van der Waals surface area contributed by atoms with Crippen molar-refractivity contribution in [2.24, 2.45) is 0 Å². The minimum Gasteiger partial charge on any atom is -0.444 e. The van der Waals surface area contributed by atoms with Gasteiger partial charge >= 0.3 is 0 Å². The number of nitrogens with zero attached hydrogens (tertiary/aromatic N) is 1. The van der Waals surface area contributed by atoms with Crippen LogP contribution in [0.1, 0.15) is 10.4 Å². The number of amides is 1. The van der Waals surface area contributed by atoms with E-state index in [1.807, 2.05) is 0 Å². The van der Waals surface area contributed by atoms with Crippen molar-refractivity contribution in [3.05, 3.63) is 89.5 Å². The highest BCUT2D eigenvalue weighted by Crippen LogP contribution is 2.31. The van der Waals surface area contributed by atoms with E-state index in [1.165, 1.54) is 48.9 Å². The van der Waals surface area contributed by atoms with E-state index >= 15 is 0 Å². The van der Waals surface area contributed by atoms with E-state index < -0.39 is 21.6 Å². The molecule has 9 heteroatoms. The lowest BCUT2D eigenvalue weighted by Gasteiger charge is -2.13. The Labute approximate surface area is 188 Å². The molecule has 4 aromatic rings. The van der Waals surface area contributed by atoms with Gasteiger partial charge < -0.3 is 9.73 Å². The standard InChI is InChI=1S/C23H16ClFN2O4S/c1-32(29,30)17-6-7-18(19(13-17)14-3-2-4-15(25)11-14)22(28)27-16-5-8-21(24)20(12-16)23-26-9-10-31-23/h2-13H,1H3,(H,27,28). The number of hydrogen-bond acceptors (Lipinski definition) is 5. The Kier molecular flexibility index (Phi) is 5.82. The molecule has 0 aliphatic rings. The van der Waals surface area contributed by atoms with Gasteiger partial charge in [-0.15, -0.1) is 0 Å². The Balaban J connectivity index is 1.75. The van der Waals surface area contributed by atoms with Gasteiger partial charge in [-0.1, -0.05) is 23.7 Å². The first-order valence-corrected chi connectivity index (χ1v) is 11.6. The molecule has 0 aliphatic heterocycles. The number of carbonyl (C=O) groups excluding carboxylic acids is 1. The largest absolute Gasteiger partial charge is 0.444 e. The molecule has 0 unspecified atom stereocenters. The van der Waals surface area contributed by atoms with Gasteiger partial charge in [0.05, 0.1) is 21.7 Å². The van der Waals surface area contributed by atoms with Crippen LogP contribution >= 0.6 is 11.6 Å². The van der Waals surface area contributed by atoms with Crippen LogP contribution in [0.25, 0.3) is 22.6 Å². The molecule has 3 aromatic carbocycles. The van der Waals surface area contributed by atoms with Crippen molar-refractivity contribution in [1.82, 2.24) is 4.98 Å². The predicted molar refractivity (Wildman–Crippen MR) is 120 cm³/mol. The van der Waals surface area contributed by atoms with Gasteiger partial charge in [0, 0.05) is 17.5 Å². The number of oxazole rings is 1. The summed E-state index contributed by atoms with van der Waals surface area (Å²) >= 11 is 6.22. The first kappa shape index (κ1) is 21.7. The van der Waals surface area contributed by atoms with Crippen LogP contribution in [0.3, 0.4) is 0 Å². The number of anilines is 1. The van der Waals surface area contributed by atoms with Crippen LogP contribution in [0.2, 0.25) is 5.02 Å². The summed E-state index contributed by atoms with van der Waals surface area (Å²) in [7, 11) is -3.54. The summed E-state index contributed by atoms with van der Waals surface area (Å²) in [5, 5.41) is 3.15. The highest BCUT2D eigenvalue weighted by molar-refractivity contribution is 7.90. The Morgan fingerprint density at radius 3 is 2.56 bits per heavy atom.